The molecule has 1 nitrogen and oxygen atoms in total. The largest absolute Gasteiger partial charge is 0.248 e. The fourth-order valence-electron chi connectivity index (χ4n) is 2.50. The third-order valence-electron chi connectivity index (χ3n) is 3.50. The molecule has 0 bridgehead atoms. The topological polar surface area (TPSA) is 12.9 Å². The van der Waals surface area contributed by atoms with Gasteiger partial charge in [0.2, 0.25) is 0 Å². The minimum Gasteiger partial charge on any atom is -0.248 e. The zero-order chi connectivity index (χ0) is 12.5. The fourth-order valence-corrected chi connectivity index (χ4v) is 2.50. The first-order valence-electron chi connectivity index (χ1n) is 6.49. The number of rotatable bonds is 1. The molecule has 1 aromatic carbocycles. The Kier molecular flexibility index (Phi) is 2.75. The Hall–Kier alpha value is -1.89. The molecule has 0 amide bonds. The Labute approximate surface area is 108 Å². The van der Waals surface area contributed by atoms with Gasteiger partial charge in [0.1, 0.15) is 0 Å². The summed E-state index contributed by atoms with van der Waals surface area (Å²) >= 11 is 0. The molecule has 0 radical (unpaired) electrons. The van der Waals surface area contributed by atoms with Crippen LogP contribution in [0.15, 0.2) is 36.4 Å². The molecule has 0 N–H and O–H groups in total. The van der Waals surface area contributed by atoms with Crippen LogP contribution in [0.5, 0.6) is 0 Å². The number of aromatic nitrogens is 1. The Morgan fingerprint density at radius 3 is 2.72 bits per heavy atom. The van der Waals surface area contributed by atoms with Gasteiger partial charge in [0, 0.05) is 5.56 Å². The highest BCUT2D eigenvalue weighted by atomic mass is 14.7. The molecule has 0 unspecified atom stereocenters. The molecule has 18 heavy (non-hydrogen) atoms. The van der Waals surface area contributed by atoms with Gasteiger partial charge in [-0.1, -0.05) is 49.4 Å². The third-order valence-corrected chi connectivity index (χ3v) is 3.50. The van der Waals surface area contributed by atoms with Crippen molar-refractivity contribution in [2.45, 2.75) is 20.3 Å². The highest BCUT2D eigenvalue weighted by Crippen LogP contribution is 2.15. The predicted octanol–water partition coefficient (Wildman–Crippen LogP) is 2.66. The highest BCUT2D eigenvalue weighted by molar-refractivity contribution is 5.60. The van der Waals surface area contributed by atoms with Crippen molar-refractivity contribution in [2.75, 3.05) is 0 Å². The fraction of sp³-hybridized carbons (Fsp3) is 0.235. The second kappa shape index (κ2) is 4.41. The molecule has 90 valence electrons. The molecule has 1 heterocycles. The van der Waals surface area contributed by atoms with E-state index in [1.807, 2.05) is 6.07 Å². The van der Waals surface area contributed by atoms with Crippen LogP contribution >= 0.6 is 0 Å². The minimum absolute atomic E-state index is 0.593. The Balaban J connectivity index is 2.24. The molecule has 1 heteroatoms. The van der Waals surface area contributed by atoms with Gasteiger partial charge < -0.3 is 0 Å². The SMILES string of the molecule is Cc1cc(-c2ccccc2)nc2c1=CC[C@@H](C)C=2. The molecule has 0 spiro atoms. The van der Waals surface area contributed by atoms with Crippen molar-refractivity contribution >= 4 is 12.2 Å². The van der Waals surface area contributed by atoms with Crippen molar-refractivity contribution in [1.82, 2.24) is 4.98 Å². The van der Waals surface area contributed by atoms with Crippen molar-refractivity contribution in [2.24, 2.45) is 5.92 Å². The van der Waals surface area contributed by atoms with Gasteiger partial charge >= 0.3 is 0 Å². The lowest BCUT2D eigenvalue weighted by Crippen LogP contribution is -2.34. The quantitative estimate of drug-likeness (QED) is 0.740. The summed E-state index contributed by atoms with van der Waals surface area (Å²) < 4.78 is 0. The first-order chi connectivity index (χ1) is 8.74. The first-order valence-corrected chi connectivity index (χ1v) is 6.49. The van der Waals surface area contributed by atoms with Gasteiger partial charge in [-0.15, -0.1) is 0 Å². The van der Waals surface area contributed by atoms with Crippen molar-refractivity contribution < 1.29 is 0 Å². The van der Waals surface area contributed by atoms with Crippen LogP contribution in [0.2, 0.25) is 0 Å². The highest BCUT2D eigenvalue weighted by Gasteiger charge is 2.07. The van der Waals surface area contributed by atoms with Crippen molar-refractivity contribution in [3.05, 3.63) is 52.5 Å². The molecule has 3 rings (SSSR count). The Bertz CT molecular complexity index is 684. The molecule has 1 atom stereocenters. The lowest BCUT2D eigenvalue weighted by Gasteiger charge is -2.10. The molecule has 2 aromatic rings. The van der Waals surface area contributed by atoms with Crippen LogP contribution in [-0.2, 0) is 0 Å². The molecule has 0 fully saturated rings. The van der Waals surface area contributed by atoms with E-state index < -0.39 is 0 Å². The van der Waals surface area contributed by atoms with E-state index in [4.69, 9.17) is 4.98 Å². The van der Waals surface area contributed by atoms with Crippen LogP contribution < -0.4 is 10.6 Å². The Morgan fingerprint density at radius 2 is 1.94 bits per heavy atom. The normalized spacial score (nSPS) is 17.6. The van der Waals surface area contributed by atoms with E-state index in [0.717, 1.165) is 17.5 Å². The number of benzene rings is 1. The summed E-state index contributed by atoms with van der Waals surface area (Å²) in [4.78, 5) is 4.81. The number of fused-ring (bicyclic) bond motifs is 1. The molecule has 1 aliphatic rings. The van der Waals surface area contributed by atoms with Crippen molar-refractivity contribution in [3.63, 3.8) is 0 Å². The van der Waals surface area contributed by atoms with Gasteiger partial charge in [0.15, 0.2) is 0 Å². The van der Waals surface area contributed by atoms with Gasteiger partial charge in [0.05, 0.1) is 11.0 Å². The average Bonchev–Trinajstić information content (AvgIpc) is 2.39. The van der Waals surface area contributed by atoms with E-state index in [1.165, 1.54) is 16.3 Å². The summed E-state index contributed by atoms with van der Waals surface area (Å²) in [6.45, 7) is 4.42. The standard InChI is InChI=1S/C17H17N/c1-12-8-9-15-13(2)11-16(18-17(15)10-12)14-6-4-3-5-7-14/h3-7,9-12H,8H2,1-2H3/t12-/m1/s1. The molecule has 0 aliphatic heterocycles. The second-order valence-corrected chi connectivity index (χ2v) is 5.07. The van der Waals surface area contributed by atoms with Gasteiger partial charge in [0.25, 0.3) is 0 Å². The summed E-state index contributed by atoms with van der Waals surface area (Å²) in [7, 11) is 0. The van der Waals surface area contributed by atoms with Crippen LogP contribution in [0.1, 0.15) is 18.9 Å². The Morgan fingerprint density at radius 1 is 1.17 bits per heavy atom. The molecule has 1 aromatic heterocycles. The zero-order valence-electron chi connectivity index (χ0n) is 10.9. The number of pyridine rings is 1. The number of nitrogens with zero attached hydrogens (tertiary/aromatic N) is 1. The monoisotopic (exact) mass is 235 g/mol. The van der Waals surface area contributed by atoms with E-state index in [2.05, 4.69) is 56.3 Å². The summed E-state index contributed by atoms with van der Waals surface area (Å²) in [5, 5.41) is 2.46. The average molecular weight is 235 g/mol. The van der Waals surface area contributed by atoms with Crippen LogP contribution in [0.4, 0.5) is 0 Å². The lowest BCUT2D eigenvalue weighted by atomic mass is 9.98. The smallest absolute Gasteiger partial charge is 0.0712 e. The maximum atomic E-state index is 4.81. The molecule has 1 aliphatic carbocycles. The summed E-state index contributed by atoms with van der Waals surface area (Å²) in [6.07, 6.45) is 5.73. The van der Waals surface area contributed by atoms with E-state index in [0.29, 0.717) is 5.92 Å². The van der Waals surface area contributed by atoms with Crippen molar-refractivity contribution in [1.29, 1.82) is 0 Å². The second-order valence-electron chi connectivity index (χ2n) is 5.07. The summed E-state index contributed by atoms with van der Waals surface area (Å²) in [5.74, 6) is 0.593. The lowest BCUT2D eigenvalue weighted by molar-refractivity contribution is 0.794. The molecular formula is C17H17N. The van der Waals surface area contributed by atoms with Gasteiger partial charge in [-0.25, -0.2) is 4.98 Å². The van der Waals surface area contributed by atoms with Crippen LogP contribution in [-0.4, -0.2) is 4.98 Å². The minimum atomic E-state index is 0.593. The van der Waals surface area contributed by atoms with Gasteiger partial charge in [-0.3, -0.25) is 0 Å². The third kappa shape index (κ3) is 1.97. The predicted molar refractivity (Wildman–Crippen MR) is 76.4 cm³/mol. The number of hydrogen-bond donors (Lipinski definition) is 0. The maximum Gasteiger partial charge on any atom is 0.0712 e. The maximum absolute atomic E-state index is 4.81. The molecular weight excluding hydrogens is 218 g/mol. The van der Waals surface area contributed by atoms with Crippen molar-refractivity contribution in [3.8, 4) is 11.3 Å². The zero-order valence-corrected chi connectivity index (χ0v) is 10.9. The summed E-state index contributed by atoms with van der Waals surface area (Å²) in [6, 6.07) is 12.6. The van der Waals surface area contributed by atoms with Crippen LogP contribution in [0, 0.1) is 12.8 Å². The summed E-state index contributed by atoms with van der Waals surface area (Å²) in [5.41, 5.74) is 3.59. The van der Waals surface area contributed by atoms with Gasteiger partial charge in [-0.05, 0) is 36.1 Å². The van der Waals surface area contributed by atoms with Crippen LogP contribution in [0.25, 0.3) is 23.4 Å². The number of hydrogen-bond acceptors (Lipinski definition) is 1. The van der Waals surface area contributed by atoms with E-state index in [1.54, 1.807) is 0 Å². The van der Waals surface area contributed by atoms with Crippen LogP contribution in [0.3, 0.4) is 0 Å². The molecule has 0 saturated heterocycles. The van der Waals surface area contributed by atoms with E-state index in [-0.39, 0.29) is 0 Å². The van der Waals surface area contributed by atoms with E-state index in [9.17, 15) is 0 Å². The first kappa shape index (κ1) is 11.2. The number of aryl methyl sites for hydroxylation is 1. The molecule has 0 saturated carbocycles. The van der Waals surface area contributed by atoms with E-state index >= 15 is 0 Å². The van der Waals surface area contributed by atoms with Gasteiger partial charge in [-0.2, -0.15) is 0 Å².